The van der Waals surface area contributed by atoms with Gasteiger partial charge in [-0.25, -0.2) is 0 Å². The van der Waals surface area contributed by atoms with E-state index < -0.39 is 0 Å². The van der Waals surface area contributed by atoms with Gasteiger partial charge in [0.2, 0.25) is 0 Å². The Labute approximate surface area is 87.3 Å². The molecule has 4 heteroatoms. The maximum Gasteiger partial charge on any atom is 0.0898 e. The Kier molecular flexibility index (Phi) is 2.02. The van der Waals surface area contributed by atoms with E-state index in [0.29, 0.717) is 5.02 Å². The van der Waals surface area contributed by atoms with Crippen LogP contribution >= 0.6 is 38.9 Å². The molecule has 0 bridgehead atoms. The summed E-state index contributed by atoms with van der Waals surface area (Å²) in [5, 5.41) is 1.67. The molecule has 2 aromatic rings. The highest BCUT2D eigenvalue weighted by Gasteiger charge is 2.09. The molecule has 0 unspecified atom stereocenters. The molecule has 1 aromatic carbocycles. The van der Waals surface area contributed by atoms with Crippen molar-refractivity contribution < 1.29 is 0 Å². The van der Waals surface area contributed by atoms with Crippen LogP contribution in [0.3, 0.4) is 0 Å². The van der Waals surface area contributed by atoms with Gasteiger partial charge in [0, 0.05) is 15.8 Å². The fraction of sp³-hybridized carbons (Fsp3) is 0. The van der Waals surface area contributed by atoms with Gasteiger partial charge in [-0.15, -0.1) is 11.3 Å². The number of anilines is 1. The summed E-state index contributed by atoms with van der Waals surface area (Å²) in [6.07, 6.45) is 0. The fourth-order valence-corrected chi connectivity index (χ4v) is 3.07. The van der Waals surface area contributed by atoms with Gasteiger partial charge in [0.05, 0.1) is 8.81 Å². The number of hydrogen-bond donors (Lipinski definition) is 1. The van der Waals surface area contributed by atoms with Crippen molar-refractivity contribution >= 4 is 54.6 Å². The zero-order valence-electron chi connectivity index (χ0n) is 5.97. The molecule has 2 N–H and O–H groups in total. The Morgan fingerprint density at radius 3 is 2.83 bits per heavy atom. The summed E-state index contributed by atoms with van der Waals surface area (Å²) in [7, 11) is 0. The lowest BCUT2D eigenvalue weighted by atomic mass is 10.2. The Morgan fingerprint density at radius 1 is 1.42 bits per heavy atom. The average molecular weight is 263 g/mol. The van der Waals surface area contributed by atoms with Crippen molar-refractivity contribution in [1.29, 1.82) is 0 Å². The van der Waals surface area contributed by atoms with E-state index in [-0.39, 0.29) is 0 Å². The molecule has 1 aromatic heterocycles. The molecule has 0 saturated heterocycles. The van der Waals surface area contributed by atoms with E-state index in [4.69, 9.17) is 17.3 Å². The number of thiophene rings is 1. The summed E-state index contributed by atoms with van der Waals surface area (Å²) in [6.45, 7) is 0. The minimum absolute atomic E-state index is 0.716. The predicted octanol–water partition coefficient (Wildman–Crippen LogP) is 3.90. The Hall–Kier alpha value is -0.250. The van der Waals surface area contributed by atoms with Crippen LogP contribution in [0.25, 0.3) is 10.1 Å². The second-order valence-electron chi connectivity index (χ2n) is 2.41. The van der Waals surface area contributed by atoms with Crippen LogP contribution in [0.1, 0.15) is 0 Å². The van der Waals surface area contributed by atoms with Crippen LogP contribution in [0.15, 0.2) is 22.0 Å². The molecule has 0 aliphatic rings. The third-order valence-corrected chi connectivity index (χ3v) is 4.19. The molecule has 12 heavy (non-hydrogen) atoms. The zero-order valence-corrected chi connectivity index (χ0v) is 9.13. The molecule has 0 fully saturated rings. The van der Waals surface area contributed by atoms with Gasteiger partial charge in [-0.2, -0.15) is 0 Å². The normalized spacial score (nSPS) is 10.8. The third-order valence-electron chi connectivity index (χ3n) is 1.65. The first-order chi connectivity index (χ1) is 5.70. The zero-order chi connectivity index (χ0) is 8.72. The minimum Gasteiger partial charge on any atom is -0.398 e. The maximum atomic E-state index is 6.03. The van der Waals surface area contributed by atoms with Crippen LogP contribution in [0.2, 0.25) is 5.02 Å². The fourth-order valence-electron chi connectivity index (χ4n) is 1.11. The summed E-state index contributed by atoms with van der Waals surface area (Å²) in [5.41, 5.74) is 6.51. The van der Waals surface area contributed by atoms with Crippen LogP contribution < -0.4 is 5.73 Å². The van der Waals surface area contributed by atoms with Crippen LogP contribution in [-0.2, 0) is 0 Å². The number of benzene rings is 1. The number of fused-ring (bicyclic) bond motifs is 1. The van der Waals surface area contributed by atoms with Gasteiger partial charge in [0.15, 0.2) is 0 Å². The van der Waals surface area contributed by atoms with Gasteiger partial charge in [0.25, 0.3) is 0 Å². The van der Waals surface area contributed by atoms with Crippen molar-refractivity contribution in [3.05, 3.63) is 27.0 Å². The number of halogens is 2. The van der Waals surface area contributed by atoms with E-state index in [1.165, 1.54) is 0 Å². The highest BCUT2D eigenvalue weighted by molar-refractivity contribution is 9.11. The SMILES string of the molecule is Nc1cccc2sc(Br)c(Cl)c12. The standard InChI is InChI=1S/C8H5BrClNS/c9-8-7(10)6-4(11)2-1-3-5(6)12-8/h1-3H,11H2. The molecule has 0 amide bonds. The first kappa shape index (κ1) is 8.35. The van der Waals surface area contributed by atoms with Gasteiger partial charge in [-0.05, 0) is 28.1 Å². The lowest BCUT2D eigenvalue weighted by molar-refractivity contribution is 1.80. The molecule has 62 valence electrons. The Balaban J connectivity index is 2.97. The van der Waals surface area contributed by atoms with E-state index in [1.54, 1.807) is 11.3 Å². The van der Waals surface area contributed by atoms with E-state index in [0.717, 1.165) is 19.6 Å². The summed E-state index contributed by atoms with van der Waals surface area (Å²) in [4.78, 5) is 0. The first-order valence-corrected chi connectivity index (χ1v) is 5.31. The van der Waals surface area contributed by atoms with Crippen LogP contribution in [0, 0.1) is 0 Å². The van der Waals surface area contributed by atoms with Gasteiger partial charge >= 0.3 is 0 Å². The van der Waals surface area contributed by atoms with Crippen molar-refractivity contribution in [2.75, 3.05) is 5.73 Å². The Morgan fingerprint density at radius 2 is 2.17 bits per heavy atom. The average Bonchev–Trinajstić information content (AvgIpc) is 2.29. The van der Waals surface area contributed by atoms with E-state index in [1.807, 2.05) is 18.2 Å². The van der Waals surface area contributed by atoms with Crippen molar-refractivity contribution in [2.45, 2.75) is 0 Å². The van der Waals surface area contributed by atoms with E-state index in [9.17, 15) is 0 Å². The lowest BCUT2D eigenvalue weighted by Gasteiger charge is -1.94. The first-order valence-electron chi connectivity index (χ1n) is 3.32. The number of hydrogen-bond acceptors (Lipinski definition) is 2. The van der Waals surface area contributed by atoms with Gasteiger partial charge in [-0.3, -0.25) is 0 Å². The van der Waals surface area contributed by atoms with Crippen molar-refractivity contribution in [3.8, 4) is 0 Å². The van der Waals surface area contributed by atoms with Gasteiger partial charge in [0.1, 0.15) is 0 Å². The topological polar surface area (TPSA) is 26.0 Å². The number of nitrogen functional groups attached to an aromatic ring is 1. The maximum absolute atomic E-state index is 6.03. The molecule has 1 nitrogen and oxygen atoms in total. The Bertz CT molecular complexity index is 438. The molecule has 0 spiro atoms. The van der Waals surface area contributed by atoms with Crippen molar-refractivity contribution in [2.24, 2.45) is 0 Å². The lowest BCUT2D eigenvalue weighted by Crippen LogP contribution is -1.83. The van der Waals surface area contributed by atoms with E-state index >= 15 is 0 Å². The van der Waals surface area contributed by atoms with Crippen molar-refractivity contribution in [1.82, 2.24) is 0 Å². The minimum atomic E-state index is 0.716. The molecule has 0 saturated carbocycles. The molecule has 2 rings (SSSR count). The highest BCUT2D eigenvalue weighted by Crippen LogP contribution is 2.41. The third kappa shape index (κ3) is 1.13. The largest absolute Gasteiger partial charge is 0.398 e. The second kappa shape index (κ2) is 2.91. The van der Waals surface area contributed by atoms with Crippen LogP contribution in [0.4, 0.5) is 5.69 Å². The number of nitrogens with two attached hydrogens (primary N) is 1. The number of rotatable bonds is 0. The monoisotopic (exact) mass is 261 g/mol. The quantitative estimate of drug-likeness (QED) is 0.716. The molecule has 1 heterocycles. The smallest absolute Gasteiger partial charge is 0.0898 e. The molecule has 0 radical (unpaired) electrons. The van der Waals surface area contributed by atoms with E-state index in [2.05, 4.69) is 15.9 Å². The summed E-state index contributed by atoms with van der Waals surface area (Å²) < 4.78 is 2.06. The van der Waals surface area contributed by atoms with Gasteiger partial charge < -0.3 is 5.73 Å². The predicted molar refractivity (Wildman–Crippen MR) is 58.9 cm³/mol. The molecule has 0 aliphatic heterocycles. The highest BCUT2D eigenvalue weighted by atomic mass is 79.9. The molecular formula is C8H5BrClNS. The summed E-state index contributed by atoms with van der Waals surface area (Å²) in [5.74, 6) is 0. The molecule has 0 aliphatic carbocycles. The summed E-state index contributed by atoms with van der Waals surface area (Å²) >= 11 is 11.0. The summed E-state index contributed by atoms with van der Waals surface area (Å²) in [6, 6.07) is 5.79. The molecular weight excluding hydrogens is 258 g/mol. The van der Waals surface area contributed by atoms with Crippen molar-refractivity contribution in [3.63, 3.8) is 0 Å². The molecule has 0 atom stereocenters. The van der Waals surface area contributed by atoms with Crippen LogP contribution in [-0.4, -0.2) is 0 Å². The second-order valence-corrected chi connectivity index (χ2v) is 5.16. The van der Waals surface area contributed by atoms with Crippen LogP contribution in [0.5, 0.6) is 0 Å². The van der Waals surface area contributed by atoms with Gasteiger partial charge in [-0.1, -0.05) is 17.7 Å².